The fraction of sp³-hybridized carbons (Fsp3) is 0.294. The van der Waals surface area contributed by atoms with Gasteiger partial charge in [0.05, 0.1) is 36.3 Å². The van der Waals surface area contributed by atoms with Crippen LogP contribution in [0.15, 0.2) is 47.6 Å². The van der Waals surface area contributed by atoms with Crippen LogP contribution in [0.5, 0.6) is 0 Å². The van der Waals surface area contributed by atoms with Crippen molar-refractivity contribution in [2.24, 2.45) is 4.99 Å². The molecule has 4 rings (SSSR count). The van der Waals surface area contributed by atoms with Gasteiger partial charge in [0.15, 0.2) is 0 Å². The lowest BCUT2D eigenvalue weighted by Gasteiger charge is -2.28. The van der Waals surface area contributed by atoms with Gasteiger partial charge in [-0.05, 0) is 17.7 Å². The number of hydrogen-bond donors (Lipinski definition) is 0. The lowest BCUT2D eigenvalue weighted by Crippen LogP contribution is -2.36. The Morgan fingerprint density at radius 1 is 1.14 bits per heavy atom. The molecule has 106 valence electrons. The minimum atomic E-state index is -3.13. The molecule has 1 saturated heterocycles. The van der Waals surface area contributed by atoms with Gasteiger partial charge < -0.3 is 9.64 Å². The summed E-state index contributed by atoms with van der Waals surface area (Å²) < 4.78 is 68.5. The van der Waals surface area contributed by atoms with Crippen LogP contribution < -0.4 is 4.90 Å². The molecule has 0 saturated carbocycles. The van der Waals surface area contributed by atoms with Crippen LogP contribution in [0, 0.1) is 0 Å². The van der Waals surface area contributed by atoms with Crippen LogP contribution in [0.1, 0.15) is 27.7 Å². The number of ether oxygens (including phenoxy) is 1. The van der Waals surface area contributed by atoms with Crippen LogP contribution in [-0.2, 0) is 11.3 Å². The van der Waals surface area contributed by atoms with Crippen molar-refractivity contribution in [1.29, 1.82) is 0 Å². The zero-order chi connectivity index (χ0) is 21.2. The maximum absolute atomic E-state index is 8.17. The standard InChI is InChI=1S/C17H17N3O/c1-2-4-15-14(3-1)12-19-17(15)13-5-6-18-16(11-13)20-7-9-21-10-8-20/h1-6,11H,7-10,12H2/i7D2,8D2,9D2,10D2. The monoisotopic (exact) mass is 287 g/mol. The molecule has 1 aromatic heterocycles. The van der Waals surface area contributed by atoms with E-state index in [-0.39, 0.29) is 5.82 Å². The summed E-state index contributed by atoms with van der Waals surface area (Å²) in [5.41, 5.74) is 3.08. The summed E-state index contributed by atoms with van der Waals surface area (Å²) in [5.74, 6) is -0.263. The van der Waals surface area contributed by atoms with Crippen LogP contribution in [0.3, 0.4) is 0 Å². The Morgan fingerprint density at radius 3 is 2.90 bits per heavy atom. The van der Waals surface area contributed by atoms with Gasteiger partial charge in [0, 0.05) is 30.3 Å². The Bertz CT molecular complexity index is 982. The van der Waals surface area contributed by atoms with Crippen molar-refractivity contribution in [3.8, 4) is 0 Å². The SMILES string of the molecule is [2H]C1([2H])OC([2H])([2H])C([2H])([2H])N(c2cc(C3=NCc4ccccc43)ccn2)C1([2H])[2H]. The molecule has 2 aromatic rings. The molecule has 0 unspecified atom stereocenters. The zero-order valence-corrected chi connectivity index (χ0v) is 11.0. The normalized spacial score (nSPS) is 32.8. The van der Waals surface area contributed by atoms with Crippen molar-refractivity contribution >= 4 is 11.5 Å². The van der Waals surface area contributed by atoms with E-state index in [2.05, 4.69) is 14.7 Å². The predicted molar refractivity (Wildman–Crippen MR) is 83.1 cm³/mol. The predicted octanol–water partition coefficient (Wildman–Crippen LogP) is 2.27. The van der Waals surface area contributed by atoms with E-state index in [1.54, 1.807) is 6.07 Å². The van der Waals surface area contributed by atoms with Crippen LogP contribution in [-0.4, -0.2) is 36.8 Å². The second-order valence-corrected chi connectivity index (χ2v) is 4.59. The third kappa shape index (κ3) is 2.32. The minimum absolute atomic E-state index is 0.263. The molecule has 2 aliphatic heterocycles. The first-order chi connectivity index (χ1) is 13.4. The zero-order valence-electron chi connectivity index (χ0n) is 19.0. The quantitative estimate of drug-likeness (QED) is 0.850. The molecular formula is C17H17N3O. The number of benzene rings is 1. The summed E-state index contributed by atoms with van der Waals surface area (Å²) in [6.07, 6.45) is 1.33. The number of morpholine rings is 1. The Balaban J connectivity index is 1.83. The number of pyridine rings is 1. The highest BCUT2D eigenvalue weighted by Crippen LogP contribution is 2.24. The summed E-state index contributed by atoms with van der Waals surface area (Å²) in [6, 6.07) is 10.6. The number of hydrogen-bond acceptors (Lipinski definition) is 4. The van der Waals surface area contributed by atoms with E-state index in [1.807, 2.05) is 24.3 Å². The molecule has 21 heavy (non-hydrogen) atoms. The highest BCUT2D eigenvalue weighted by molar-refractivity contribution is 6.15. The maximum Gasteiger partial charge on any atom is 0.129 e. The van der Waals surface area contributed by atoms with Crippen molar-refractivity contribution in [2.75, 3.05) is 31.0 Å². The first-order valence-electron chi connectivity index (χ1n) is 10.5. The van der Waals surface area contributed by atoms with Gasteiger partial charge in [-0.3, -0.25) is 4.99 Å². The summed E-state index contributed by atoms with van der Waals surface area (Å²) >= 11 is 0. The molecular weight excluding hydrogens is 262 g/mol. The summed E-state index contributed by atoms with van der Waals surface area (Å²) in [5, 5.41) is 0. The van der Waals surface area contributed by atoms with E-state index in [0.29, 0.717) is 22.7 Å². The lowest BCUT2D eigenvalue weighted by molar-refractivity contribution is 0.122. The molecule has 4 nitrogen and oxygen atoms in total. The molecule has 0 aliphatic carbocycles. The maximum atomic E-state index is 8.17. The molecule has 0 spiro atoms. The highest BCUT2D eigenvalue weighted by Gasteiger charge is 2.18. The second-order valence-electron chi connectivity index (χ2n) is 4.59. The third-order valence-electron chi connectivity index (χ3n) is 3.34. The summed E-state index contributed by atoms with van der Waals surface area (Å²) in [7, 11) is 0. The lowest BCUT2D eigenvalue weighted by atomic mass is 10.0. The van der Waals surface area contributed by atoms with E-state index in [0.717, 1.165) is 11.1 Å². The molecule has 0 N–H and O–H groups in total. The van der Waals surface area contributed by atoms with Crippen molar-refractivity contribution in [1.82, 2.24) is 4.98 Å². The first kappa shape index (κ1) is 6.71. The molecule has 3 heterocycles. The van der Waals surface area contributed by atoms with E-state index in [9.17, 15) is 0 Å². The van der Waals surface area contributed by atoms with Gasteiger partial charge in [-0.1, -0.05) is 24.3 Å². The van der Waals surface area contributed by atoms with Gasteiger partial charge >= 0.3 is 0 Å². The smallest absolute Gasteiger partial charge is 0.129 e. The van der Waals surface area contributed by atoms with Gasteiger partial charge in [0.1, 0.15) is 5.82 Å². The van der Waals surface area contributed by atoms with Crippen molar-refractivity contribution < 1.29 is 15.7 Å². The third-order valence-corrected chi connectivity index (χ3v) is 3.34. The van der Waals surface area contributed by atoms with Crippen LogP contribution in [0.4, 0.5) is 5.82 Å². The largest absolute Gasteiger partial charge is 0.378 e. The highest BCUT2D eigenvalue weighted by atomic mass is 16.5. The van der Waals surface area contributed by atoms with Crippen molar-refractivity contribution in [3.63, 3.8) is 0 Å². The fourth-order valence-electron chi connectivity index (χ4n) is 2.38. The van der Waals surface area contributed by atoms with Gasteiger partial charge in [-0.2, -0.15) is 0 Å². The number of anilines is 1. The molecule has 1 fully saturated rings. The number of nitrogens with zero attached hydrogens (tertiary/aromatic N) is 3. The van der Waals surface area contributed by atoms with E-state index in [4.69, 9.17) is 11.0 Å². The van der Waals surface area contributed by atoms with E-state index in [1.165, 1.54) is 12.3 Å². The first-order valence-corrected chi connectivity index (χ1v) is 6.48. The Hall–Kier alpha value is -2.20. The van der Waals surface area contributed by atoms with E-state index < -0.39 is 26.1 Å². The fourth-order valence-corrected chi connectivity index (χ4v) is 2.38. The second kappa shape index (κ2) is 5.30. The molecule has 4 heteroatoms. The number of rotatable bonds is 2. The van der Waals surface area contributed by atoms with Gasteiger partial charge in [-0.15, -0.1) is 0 Å². The Labute approximate surface area is 135 Å². The van der Waals surface area contributed by atoms with Gasteiger partial charge in [0.25, 0.3) is 0 Å². The molecule has 0 bridgehead atoms. The molecule has 2 aliphatic rings. The van der Waals surface area contributed by atoms with Gasteiger partial charge in [-0.25, -0.2) is 4.98 Å². The van der Waals surface area contributed by atoms with Crippen LogP contribution in [0.2, 0.25) is 0 Å². The Kier molecular flexibility index (Phi) is 1.69. The van der Waals surface area contributed by atoms with Crippen LogP contribution in [0.25, 0.3) is 0 Å². The van der Waals surface area contributed by atoms with E-state index >= 15 is 0 Å². The average Bonchev–Trinajstić information content (AvgIpc) is 3.03. The topological polar surface area (TPSA) is 37.7 Å². The number of aromatic nitrogens is 1. The van der Waals surface area contributed by atoms with Crippen LogP contribution >= 0.6 is 0 Å². The average molecular weight is 287 g/mol. The summed E-state index contributed by atoms with van der Waals surface area (Å²) in [4.78, 5) is 8.88. The molecule has 0 atom stereocenters. The van der Waals surface area contributed by atoms with Crippen molar-refractivity contribution in [2.45, 2.75) is 6.54 Å². The number of fused-ring (bicyclic) bond motifs is 1. The molecule has 0 radical (unpaired) electrons. The summed E-state index contributed by atoms with van der Waals surface area (Å²) in [6.45, 7) is -11.9. The minimum Gasteiger partial charge on any atom is -0.378 e. The number of aliphatic imine (C=N–C) groups is 1. The molecule has 0 amide bonds. The Morgan fingerprint density at radius 2 is 2.00 bits per heavy atom. The molecule has 1 aromatic carbocycles. The van der Waals surface area contributed by atoms with Gasteiger partial charge in [0.2, 0.25) is 0 Å². The van der Waals surface area contributed by atoms with Crippen molar-refractivity contribution in [3.05, 3.63) is 59.3 Å².